The predicted octanol–water partition coefficient (Wildman–Crippen LogP) is 3.34. The molecular weight excluding hydrogens is 258 g/mol. The Morgan fingerprint density at radius 2 is 2.20 bits per heavy atom. The van der Waals surface area contributed by atoms with E-state index in [4.69, 9.17) is 11.6 Å². The number of aryl methyl sites for hydroxylation is 1. The summed E-state index contributed by atoms with van der Waals surface area (Å²) in [6, 6.07) is 6.29. The third kappa shape index (κ3) is 1.86. The molecule has 0 aliphatic heterocycles. The minimum absolute atomic E-state index is 0.614. The van der Waals surface area contributed by atoms with Crippen LogP contribution >= 0.6 is 34.2 Å². The Labute approximate surface area is 79.7 Å². The summed E-state index contributed by atoms with van der Waals surface area (Å²) in [5.41, 5.74) is 2.50. The molecule has 0 aromatic heterocycles. The molecule has 0 spiro atoms. The molecule has 0 saturated carbocycles. The Morgan fingerprint density at radius 3 is 2.70 bits per heavy atom. The third-order valence-electron chi connectivity index (χ3n) is 1.45. The van der Waals surface area contributed by atoms with Crippen LogP contribution in [0, 0.1) is 10.5 Å². The molecule has 54 valence electrons. The van der Waals surface area contributed by atoms with Gasteiger partial charge in [-0.25, -0.2) is 0 Å². The molecule has 0 aliphatic carbocycles. The van der Waals surface area contributed by atoms with E-state index in [1.54, 1.807) is 0 Å². The topological polar surface area (TPSA) is 0 Å². The van der Waals surface area contributed by atoms with E-state index < -0.39 is 0 Å². The number of hydrogen-bond acceptors (Lipinski definition) is 0. The molecule has 0 saturated heterocycles. The van der Waals surface area contributed by atoms with Crippen LogP contribution in [-0.4, -0.2) is 0 Å². The lowest BCUT2D eigenvalue weighted by Gasteiger charge is -2.00. The molecule has 0 amide bonds. The van der Waals surface area contributed by atoms with Crippen molar-refractivity contribution < 1.29 is 0 Å². The van der Waals surface area contributed by atoms with Crippen molar-refractivity contribution in [2.24, 2.45) is 0 Å². The normalized spacial score (nSPS) is 9.90. The van der Waals surface area contributed by atoms with Gasteiger partial charge in [0.15, 0.2) is 0 Å². The highest BCUT2D eigenvalue weighted by Crippen LogP contribution is 2.14. The smallest absolute Gasteiger partial charge is 0.0476 e. The lowest BCUT2D eigenvalue weighted by Crippen LogP contribution is -1.84. The van der Waals surface area contributed by atoms with Crippen molar-refractivity contribution in [1.82, 2.24) is 0 Å². The molecule has 2 heteroatoms. The highest BCUT2D eigenvalue weighted by atomic mass is 127. The summed E-state index contributed by atoms with van der Waals surface area (Å²) in [5, 5.41) is 0. The number of alkyl halides is 1. The maximum Gasteiger partial charge on any atom is 0.0476 e. The van der Waals surface area contributed by atoms with Gasteiger partial charge in [-0.15, -0.1) is 11.6 Å². The molecular formula is C8H8ClI. The zero-order chi connectivity index (χ0) is 7.56. The van der Waals surface area contributed by atoms with Gasteiger partial charge < -0.3 is 0 Å². The van der Waals surface area contributed by atoms with E-state index in [-0.39, 0.29) is 0 Å². The molecule has 10 heavy (non-hydrogen) atoms. The van der Waals surface area contributed by atoms with Crippen molar-refractivity contribution in [3.63, 3.8) is 0 Å². The molecule has 0 atom stereocenters. The second kappa shape index (κ2) is 3.58. The van der Waals surface area contributed by atoms with Crippen LogP contribution in [0.5, 0.6) is 0 Å². The summed E-state index contributed by atoms with van der Waals surface area (Å²) in [6.07, 6.45) is 0. The van der Waals surface area contributed by atoms with Crippen LogP contribution in [0.4, 0.5) is 0 Å². The minimum Gasteiger partial charge on any atom is -0.122 e. The lowest BCUT2D eigenvalue weighted by molar-refractivity contribution is 1.29. The first-order valence-electron chi connectivity index (χ1n) is 3.05. The number of benzene rings is 1. The van der Waals surface area contributed by atoms with Crippen molar-refractivity contribution in [3.8, 4) is 0 Å². The molecule has 0 unspecified atom stereocenters. The Kier molecular flexibility index (Phi) is 2.98. The first-order chi connectivity index (χ1) is 4.74. The fraction of sp³-hybridized carbons (Fsp3) is 0.250. The zero-order valence-electron chi connectivity index (χ0n) is 5.70. The maximum absolute atomic E-state index is 5.68. The summed E-state index contributed by atoms with van der Waals surface area (Å²) in [5.74, 6) is 0.614. The monoisotopic (exact) mass is 266 g/mol. The average Bonchev–Trinajstić information content (AvgIpc) is 1.88. The Bertz CT molecular complexity index is 233. The van der Waals surface area contributed by atoms with Gasteiger partial charge in [0.1, 0.15) is 0 Å². The molecule has 1 rings (SSSR count). The highest BCUT2D eigenvalue weighted by molar-refractivity contribution is 14.1. The maximum atomic E-state index is 5.68. The molecule has 0 radical (unpaired) electrons. The summed E-state index contributed by atoms with van der Waals surface area (Å²) >= 11 is 7.98. The SMILES string of the molecule is Cc1cc(I)ccc1CCl. The standard InChI is InChI=1S/C8H8ClI/c1-6-4-8(10)3-2-7(6)5-9/h2-4H,5H2,1H3. The van der Waals surface area contributed by atoms with Crippen LogP contribution in [0.3, 0.4) is 0 Å². The highest BCUT2D eigenvalue weighted by Gasteiger charge is 1.95. The molecule has 0 fully saturated rings. The molecule has 1 aromatic carbocycles. The van der Waals surface area contributed by atoms with Crippen LogP contribution in [-0.2, 0) is 5.88 Å². The second-order valence-corrected chi connectivity index (χ2v) is 3.72. The molecule has 0 aliphatic rings. The molecule has 0 N–H and O–H groups in total. The molecule has 1 aromatic rings. The summed E-state index contributed by atoms with van der Waals surface area (Å²) in [4.78, 5) is 0. The number of hydrogen-bond donors (Lipinski definition) is 0. The van der Waals surface area contributed by atoms with Crippen molar-refractivity contribution >= 4 is 34.2 Å². The van der Waals surface area contributed by atoms with Crippen molar-refractivity contribution in [3.05, 3.63) is 32.9 Å². The number of rotatable bonds is 1. The third-order valence-corrected chi connectivity index (χ3v) is 2.41. The van der Waals surface area contributed by atoms with E-state index in [0.717, 1.165) is 0 Å². The van der Waals surface area contributed by atoms with Crippen LogP contribution in [0.1, 0.15) is 11.1 Å². The van der Waals surface area contributed by atoms with Crippen molar-refractivity contribution in [2.75, 3.05) is 0 Å². The second-order valence-electron chi connectivity index (χ2n) is 2.20. The lowest BCUT2D eigenvalue weighted by atomic mass is 10.1. The molecule has 0 nitrogen and oxygen atoms in total. The van der Waals surface area contributed by atoms with Gasteiger partial charge in [0.25, 0.3) is 0 Å². The van der Waals surface area contributed by atoms with Gasteiger partial charge in [0.05, 0.1) is 0 Å². The fourth-order valence-electron chi connectivity index (χ4n) is 0.809. The fourth-order valence-corrected chi connectivity index (χ4v) is 1.76. The van der Waals surface area contributed by atoms with Crippen molar-refractivity contribution in [1.29, 1.82) is 0 Å². The summed E-state index contributed by atoms with van der Waals surface area (Å²) < 4.78 is 1.27. The quantitative estimate of drug-likeness (QED) is 0.540. The van der Waals surface area contributed by atoms with Crippen molar-refractivity contribution in [2.45, 2.75) is 12.8 Å². The van der Waals surface area contributed by atoms with E-state index in [1.807, 2.05) is 0 Å². The van der Waals surface area contributed by atoms with Crippen LogP contribution in [0.2, 0.25) is 0 Å². The molecule has 0 heterocycles. The Morgan fingerprint density at radius 1 is 1.50 bits per heavy atom. The van der Waals surface area contributed by atoms with Gasteiger partial charge in [0.2, 0.25) is 0 Å². The van der Waals surface area contributed by atoms with E-state index >= 15 is 0 Å². The summed E-state index contributed by atoms with van der Waals surface area (Å²) in [6.45, 7) is 2.08. The molecule has 0 bridgehead atoms. The predicted molar refractivity (Wildman–Crippen MR) is 53.5 cm³/mol. The zero-order valence-corrected chi connectivity index (χ0v) is 8.61. The van der Waals surface area contributed by atoms with Crippen LogP contribution in [0.25, 0.3) is 0 Å². The van der Waals surface area contributed by atoms with E-state index in [2.05, 4.69) is 47.7 Å². The first kappa shape index (κ1) is 8.34. The largest absolute Gasteiger partial charge is 0.122 e. The minimum atomic E-state index is 0.614. The average molecular weight is 267 g/mol. The van der Waals surface area contributed by atoms with Crippen LogP contribution < -0.4 is 0 Å². The number of halogens is 2. The Hall–Kier alpha value is 0.240. The summed E-state index contributed by atoms with van der Waals surface area (Å²) in [7, 11) is 0. The first-order valence-corrected chi connectivity index (χ1v) is 4.66. The Balaban J connectivity index is 3.07. The van der Waals surface area contributed by atoms with E-state index in [9.17, 15) is 0 Å². The van der Waals surface area contributed by atoms with Gasteiger partial charge in [0, 0.05) is 9.45 Å². The van der Waals surface area contributed by atoms with Gasteiger partial charge in [-0.3, -0.25) is 0 Å². The van der Waals surface area contributed by atoms with Crippen LogP contribution in [0.15, 0.2) is 18.2 Å². The van der Waals surface area contributed by atoms with Gasteiger partial charge in [-0.1, -0.05) is 6.07 Å². The van der Waals surface area contributed by atoms with Gasteiger partial charge in [-0.05, 0) is 52.8 Å². The van der Waals surface area contributed by atoms with E-state index in [0.29, 0.717) is 5.88 Å². The van der Waals surface area contributed by atoms with Gasteiger partial charge >= 0.3 is 0 Å². The van der Waals surface area contributed by atoms with Gasteiger partial charge in [-0.2, -0.15) is 0 Å². The van der Waals surface area contributed by atoms with E-state index in [1.165, 1.54) is 14.7 Å².